The highest BCUT2D eigenvalue weighted by atomic mass is 16.5. The average molecular weight is 277 g/mol. The van der Waals surface area contributed by atoms with E-state index in [9.17, 15) is 4.79 Å². The Hall–Kier alpha value is -1.84. The van der Waals surface area contributed by atoms with E-state index >= 15 is 0 Å². The van der Waals surface area contributed by atoms with Crippen LogP contribution in [0.3, 0.4) is 0 Å². The lowest BCUT2D eigenvalue weighted by Crippen LogP contribution is -2.30. The van der Waals surface area contributed by atoms with Gasteiger partial charge in [-0.3, -0.25) is 9.78 Å². The fourth-order valence-electron chi connectivity index (χ4n) is 2.12. The molecule has 1 unspecified atom stereocenters. The minimum absolute atomic E-state index is 0.282. The van der Waals surface area contributed by atoms with E-state index in [-0.39, 0.29) is 5.97 Å². The molecule has 110 valence electrons. The Morgan fingerprint density at radius 3 is 2.65 bits per heavy atom. The maximum absolute atomic E-state index is 12.1. The van der Waals surface area contributed by atoms with Gasteiger partial charge in [0.15, 0.2) is 0 Å². The van der Waals surface area contributed by atoms with Crippen LogP contribution >= 0.6 is 0 Å². The Morgan fingerprint density at radius 2 is 2.15 bits per heavy atom. The zero-order chi connectivity index (χ0) is 15.3. The number of rotatable bonds is 6. The van der Waals surface area contributed by atoms with E-state index in [0.717, 1.165) is 22.6 Å². The lowest BCUT2D eigenvalue weighted by molar-refractivity contribution is -0.151. The predicted octanol–water partition coefficient (Wildman–Crippen LogP) is 3.00. The van der Waals surface area contributed by atoms with Crippen LogP contribution in [0.1, 0.15) is 30.7 Å². The standard InChI is InChI=1S/C16H23NO3/c1-7-16(5,15(18)20-8-2)9-13-12(4)14(19-6)11(3)10-17-13/h7,10H,1,8-9H2,2-6H3. The summed E-state index contributed by atoms with van der Waals surface area (Å²) in [5.41, 5.74) is 1.96. The largest absolute Gasteiger partial charge is 0.496 e. The van der Waals surface area contributed by atoms with Crippen LogP contribution in [0.15, 0.2) is 18.9 Å². The molecule has 0 amide bonds. The monoisotopic (exact) mass is 277 g/mol. The van der Waals surface area contributed by atoms with Crippen molar-refractivity contribution in [3.8, 4) is 5.75 Å². The summed E-state index contributed by atoms with van der Waals surface area (Å²) >= 11 is 0. The van der Waals surface area contributed by atoms with Gasteiger partial charge in [0.1, 0.15) is 5.75 Å². The summed E-state index contributed by atoms with van der Waals surface area (Å²) in [6.45, 7) is 11.6. The van der Waals surface area contributed by atoms with Crippen molar-refractivity contribution in [1.82, 2.24) is 4.98 Å². The molecule has 1 aromatic heterocycles. The molecule has 0 saturated heterocycles. The van der Waals surface area contributed by atoms with E-state index in [1.807, 2.05) is 20.8 Å². The molecule has 0 aromatic carbocycles. The second-order valence-corrected chi connectivity index (χ2v) is 5.06. The minimum Gasteiger partial charge on any atom is -0.496 e. The van der Waals surface area contributed by atoms with Crippen molar-refractivity contribution in [3.63, 3.8) is 0 Å². The summed E-state index contributed by atoms with van der Waals surface area (Å²) in [5.74, 6) is 0.529. The number of nitrogens with zero attached hydrogens (tertiary/aromatic N) is 1. The van der Waals surface area contributed by atoms with Gasteiger partial charge in [-0.25, -0.2) is 0 Å². The third-order valence-electron chi connectivity index (χ3n) is 3.48. The molecule has 0 aliphatic heterocycles. The van der Waals surface area contributed by atoms with Crippen LogP contribution in [0.25, 0.3) is 0 Å². The van der Waals surface area contributed by atoms with E-state index in [2.05, 4.69) is 11.6 Å². The first-order valence-electron chi connectivity index (χ1n) is 6.69. The number of carbonyl (C=O) groups excluding carboxylic acids is 1. The number of esters is 1. The van der Waals surface area contributed by atoms with Gasteiger partial charge in [-0.05, 0) is 27.7 Å². The van der Waals surface area contributed by atoms with E-state index in [1.165, 1.54) is 0 Å². The van der Waals surface area contributed by atoms with Crippen LogP contribution in [-0.2, 0) is 16.0 Å². The molecule has 4 heteroatoms. The molecule has 0 spiro atoms. The van der Waals surface area contributed by atoms with E-state index < -0.39 is 5.41 Å². The van der Waals surface area contributed by atoms with Gasteiger partial charge < -0.3 is 9.47 Å². The topological polar surface area (TPSA) is 48.4 Å². The fraction of sp³-hybridized carbons (Fsp3) is 0.500. The highest BCUT2D eigenvalue weighted by Crippen LogP contribution is 2.30. The molecular weight excluding hydrogens is 254 g/mol. The summed E-state index contributed by atoms with van der Waals surface area (Å²) in [5, 5.41) is 0. The van der Waals surface area contributed by atoms with Crippen molar-refractivity contribution in [2.75, 3.05) is 13.7 Å². The zero-order valence-electron chi connectivity index (χ0n) is 12.9. The second kappa shape index (κ2) is 6.55. The number of carbonyl (C=O) groups is 1. The number of methoxy groups -OCH3 is 1. The van der Waals surface area contributed by atoms with Crippen LogP contribution < -0.4 is 4.74 Å². The molecule has 1 rings (SSSR count). The molecule has 20 heavy (non-hydrogen) atoms. The Balaban J connectivity index is 3.14. The first-order chi connectivity index (χ1) is 9.39. The van der Waals surface area contributed by atoms with Gasteiger partial charge in [0.2, 0.25) is 0 Å². The van der Waals surface area contributed by atoms with Crippen molar-refractivity contribution in [1.29, 1.82) is 0 Å². The molecule has 0 bridgehead atoms. The number of ether oxygens (including phenoxy) is 2. The maximum atomic E-state index is 12.1. The van der Waals surface area contributed by atoms with E-state index in [0.29, 0.717) is 13.0 Å². The lowest BCUT2D eigenvalue weighted by atomic mass is 9.84. The third-order valence-corrected chi connectivity index (χ3v) is 3.48. The number of aromatic nitrogens is 1. The van der Waals surface area contributed by atoms with Crippen molar-refractivity contribution < 1.29 is 14.3 Å². The normalized spacial score (nSPS) is 13.4. The number of pyridine rings is 1. The van der Waals surface area contributed by atoms with Gasteiger partial charge in [0.25, 0.3) is 0 Å². The van der Waals surface area contributed by atoms with Crippen LogP contribution in [0.4, 0.5) is 0 Å². The molecule has 1 atom stereocenters. The number of hydrogen-bond acceptors (Lipinski definition) is 4. The second-order valence-electron chi connectivity index (χ2n) is 5.06. The molecular formula is C16H23NO3. The maximum Gasteiger partial charge on any atom is 0.316 e. The minimum atomic E-state index is -0.784. The van der Waals surface area contributed by atoms with E-state index in [4.69, 9.17) is 9.47 Å². The highest BCUT2D eigenvalue weighted by molar-refractivity contribution is 5.79. The zero-order valence-corrected chi connectivity index (χ0v) is 12.9. The quantitative estimate of drug-likeness (QED) is 0.592. The van der Waals surface area contributed by atoms with Gasteiger partial charge in [-0.15, -0.1) is 6.58 Å². The summed E-state index contributed by atoms with van der Waals surface area (Å²) in [6, 6.07) is 0. The Bertz CT molecular complexity index is 511. The van der Waals surface area contributed by atoms with Crippen molar-refractivity contribution in [2.24, 2.45) is 5.41 Å². The molecule has 1 aromatic rings. The number of hydrogen-bond donors (Lipinski definition) is 0. The lowest BCUT2D eigenvalue weighted by Gasteiger charge is -2.24. The van der Waals surface area contributed by atoms with Crippen molar-refractivity contribution in [3.05, 3.63) is 35.7 Å². The van der Waals surface area contributed by atoms with Crippen LogP contribution in [0.5, 0.6) is 5.75 Å². The molecule has 0 radical (unpaired) electrons. The summed E-state index contributed by atoms with van der Waals surface area (Å²) in [6.07, 6.45) is 3.83. The fourth-order valence-corrected chi connectivity index (χ4v) is 2.12. The van der Waals surface area contributed by atoms with Gasteiger partial charge in [-0.2, -0.15) is 0 Å². The SMILES string of the molecule is C=CC(C)(Cc1ncc(C)c(OC)c1C)C(=O)OCC. The van der Waals surface area contributed by atoms with E-state index in [1.54, 1.807) is 26.3 Å². The Kier molecular flexibility index (Phi) is 5.31. The third kappa shape index (κ3) is 3.18. The predicted molar refractivity (Wildman–Crippen MR) is 78.9 cm³/mol. The first-order valence-corrected chi connectivity index (χ1v) is 6.69. The van der Waals surface area contributed by atoms with Crippen LogP contribution in [-0.4, -0.2) is 24.7 Å². The molecule has 0 saturated carbocycles. The Morgan fingerprint density at radius 1 is 1.50 bits per heavy atom. The molecule has 0 aliphatic carbocycles. The van der Waals surface area contributed by atoms with Crippen LogP contribution in [0, 0.1) is 19.3 Å². The van der Waals surface area contributed by atoms with Gasteiger partial charge >= 0.3 is 5.97 Å². The summed E-state index contributed by atoms with van der Waals surface area (Å²) in [7, 11) is 1.64. The smallest absolute Gasteiger partial charge is 0.316 e. The molecule has 0 N–H and O–H groups in total. The summed E-state index contributed by atoms with van der Waals surface area (Å²) < 4.78 is 10.5. The Labute approximate surface area is 120 Å². The molecule has 0 fully saturated rings. The van der Waals surface area contributed by atoms with Gasteiger partial charge in [0, 0.05) is 29.4 Å². The molecule has 0 aliphatic rings. The van der Waals surface area contributed by atoms with Gasteiger partial charge in [-0.1, -0.05) is 6.08 Å². The number of aryl methyl sites for hydroxylation is 1. The first kappa shape index (κ1) is 16.2. The van der Waals surface area contributed by atoms with Gasteiger partial charge in [0.05, 0.1) is 19.1 Å². The molecule has 1 heterocycles. The molecule has 4 nitrogen and oxygen atoms in total. The average Bonchev–Trinajstić information content (AvgIpc) is 2.42. The highest BCUT2D eigenvalue weighted by Gasteiger charge is 2.33. The van der Waals surface area contributed by atoms with Crippen molar-refractivity contribution >= 4 is 5.97 Å². The van der Waals surface area contributed by atoms with Crippen LogP contribution in [0.2, 0.25) is 0 Å². The van der Waals surface area contributed by atoms with Crippen molar-refractivity contribution in [2.45, 2.75) is 34.1 Å². The summed E-state index contributed by atoms with van der Waals surface area (Å²) in [4.78, 5) is 16.5.